The first-order valence-electron chi connectivity index (χ1n) is 4.36. The quantitative estimate of drug-likeness (QED) is 0.678. The van der Waals surface area contributed by atoms with Gasteiger partial charge in [0.2, 0.25) is 0 Å². The van der Waals surface area contributed by atoms with E-state index >= 15 is 0 Å². The van der Waals surface area contributed by atoms with Crippen LogP contribution >= 0.6 is 11.3 Å². The second-order valence-corrected chi connectivity index (χ2v) is 4.07. The van der Waals surface area contributed by atoms with E-state index in [-0.39, 0.29) is 12.6 Å². The Kier molecular flexibility index (Phi) is 4.06. The zero-order valence-electron chi connectivity index (χ0n) is 7.93. The van der Waals surface area contributed by atoms with E-state index in [9.17, 15) is 4.79 Å². The zero-order chi connectivity index (χ0) is 10.6. The lowest BCUT2D eigenvalue weighted by Crippen LogP contribution is -2.40. The largest absolute Gasteiger partial charge is 0.480 e. The molecule has 1 rings (SSSR count). The molecule has 0 aliphatic rings. The molecule has 14 heavy (non-hydrogen) atoms. The maximum atomic E-state index is 10.4. The number of hydrogen-bond acceptors (Lipinski definition) is 4. The highest BCUT2D eigenvalue weighted by Crippen LogP contribution is 2.17. The molecule has 0 spiro atoms. The molecule has 1 aromatic rings. The Morgan fingerprint density at radius 3 is 3.00 bits per heavy atom. The van der Waals surface area contributed by atoms with E-state index in [1.807, 2.05) is 24.4 Å². The molecule has 0 aliphatic heterocycles. The number of nitrogens with two attached hydrogens (primary N) is 1. The number of carboxylic acid groups (broad SMARTS) is 1. The first-order valence-corrected chi connectivity index (χ1v) is 5.24. The van der Waals surface area contributed by atoms with Crippen LogP contribution in [0, 0.1) is 0 Å². The number of carboxylic acids is 1. The van der Waals surface area contributed by atoms with Crippen LogP contribution in [0.3, 0.4) is 0 Å². The van der Waals surface area contributed by atoms with Gasteiger partial charge in [-0.2, -0.15) is 0 Å². The lowest BCUT2D eigenvalue weighted by molar-refractivity contribution is -0.138. The van der Waals surface area contributed by atoms with E-state index in [0.717, 1.165) is 0 Å². The predicted octanol–water partition coefficient (Wildman–Crippen LogP) is 0.811. The minimum Gasteiger partial charge on any atom is -0.480 e. The van der Waals surface area contributed by atoms with Crippen LogP contribution in [0.25, 0.3) is 0 Å². The molecule has 5 heteroatoms. The molecule has 1 aromatic heterocycles. The van der Waals surface area contributed by atoms with Gasteiger partial charge in [0.05, 0.1) is 0 Å². The van der Waals surface area contributed by atoms with Crippen LogP contribution in [0.2, 0.25) is 0 Å². The Labute approximate surface area is 86.7 Å². The Bertz CT molecular complexity index is 287. The third kappa shape index (κ3) is 3.10. The van der Waals surface area contributed by atoms with Crippen LogP contribution in [0.4, 0.5) is 0 Å². The smallest absolute Gasteiger partial charge is 0.321 e. The van der Waals surface area contributed by atoms with Gasteiger partial charge in [-0.15, -0.1) is 11.3 Å². The molecule has 0 saturated heterocycles. The molecule has 0 saturated carbocycles. The molecule has 78 valence electrons. The number of thiophene rings is 1. The van der Waals surface area contributed by atoms with Crippen molar-refractivity contribution in [3.63, 3.8) is 0 Å². The van der Waals surface area contributed by atoms with E-state index in [1.54, 1.807) is 11.3 Å². The second kappa shape index (κ2) is 5.09. The summed E-state index contributed by atoms with van der Waals surface area (Å²) in [6.45, 7) is 2.27. The maximum Gasteiger partial charge on any atom is 0.321 e. The van der Waals surface area contributed by atoms with E-state index in [4.69, 9.17) is 10.8 Å². The van der Waals surface area contributed by atoms with Crippen LogP contribution in [-0.4, -0.2) is 23.7 Å². The minimum atomic E-state index is -0.976. The summed E-state index contributed by atoms with van der Waals surface area (Å²) in [5.41, 5.74) is 5.36. The van der Waals surface area contributed by atoms with Gasteiger partial charge in [0.25, 0.3) is 0 Å². The summed E-state index contributed by atoms with van der Waals surface area (Å²) < 4.78 is 0. The van der Waals surface area contributed by atoms with Crippen molar-refractivity contribution in [3.05, 3.63) is 22.4 Å². The van der Waals surface area contributed by atoms with Crippen molar-refractivity contribution >= 4 is 17.3 Å². The molecular weight excluding hydrogens is 200 g/mol. The molecule has 0 aliphatic carbocycles. The van der Waals surface area contributed by atoms with Gasteiger partial charge in [0, 0.05) is 17.5 Å². The molecule has 4 N–H and O–H groups in total. The molecule has 1 heterocycles. The standard InChI is InChI=1S/C9H14N2O2S/c1-6(8-3-2-4-14-8)11-5-7(10)9(12)13/h2-4,6-7,11H,5,10H2,1H3,(H,12,13)/t6-,7?/m0/s1. The van der Waals surface area contributed by atoms with E-state index < -0.39 is 12.0 Å². The summed E-state index contributed by atoms with van der Waals surface area (Å²) in [5, 5.41) is 13.6. The Balaban J connectivity index is 2.35. The van der Waals surface area contributed by atoms with Gasteiger partial charge in [0.1, 0.15) is 6.04 Å². The number of aliphatic carboxylic acids is 1. The zero-order valence-corrected chi connectivity index (χ0v) is 8.75. The van der Waals surface area contributed by atoms with Gasteiger partial charge in [-0.1, -0.05) is 6.07 Å². The maximum absolute atomic E-state index is 10.4. The molecule has 0 bridgehead atoms. The highest BCUT2D eigenvalue weighted by Gasteiger charge is 2.13. The molecule has 0 fully saturated rings. The molecule has 0 radical (unpaired) electrons. The molecule has 0 aromatic carbocycles. The fourth-order valence-corrected chi connectivity index (χ4v) is 1.79. The third-order valence-corrected chi connectivity index (χ3v) is 2.99. The summed E-state index contributed by atoms with van der Waals surface area (Å²) in [6, 6.07) is 3.29. The lowest BCUT2D eigenvalue weighted by atomic mass is 10.2. The molecule has 4 nitrogen and oxygen atoms in total. The summed E-state index contributed by atoms with van der Waals surface area (Å²) in [5.74, 6) is -0.976. The first kappa shape index (κ1) is 11.2. The van der Waals surface area contributed by atoms with Gasteiger partial charge >= 0.3 is 5.97 Å². The van der Waals surface area contributed by atoms with E-state index in [1.165, 1.54) is 4.88 Å². The fourth-order valence-electron chi connectivity index (χ4n) is 1.03. The van der Waals surface area contributed by atoms with Crippen molar-refractivity contribution in [1.29, 1.82) is 0 Å². The topological polar surface area (TPSA) is 75.3 Å². The molecule has 1 unspecified atom stereocenters. The summed E-state index contributed by atoms with van der Waals surface area (Å²) >= 11 is 1.64. The summed E-state index contributed by atoms with van der Waals surface area (Å²) in [4.78, 5) is 11.6. The molecule has 0 amide bonds. The van der Waals surface area contributed by atoms with Crippen molar-refractivity contribution < 1.29 is 9.90 Å². The fraction of sp³-hybridized carbons (Fsp3) is 0.444. The van der Waals surface area contributed by atoms with Gasteiger partial charge in [-0.05, 0) is 18.4 Å². The lowest BCUT2D eigenvalue weighted by Gasteiger charge is -2.13. The van der Waals surface area contributed by atoms with E-state index in [2.05, 4.69) is 5.32 Å². The third-order valence-electron chi connectivity index (χ3n) is 1.93. The number of hydrogen-bond donors (Lipinski definition) is 3. The Morgan fingerprint density at radius 2 is 2.50 bits per heavy atom. The second-order valence-electron chi connectivity index (χ2n) is 3.09. The van der Waals surface area contributed by atoms with E-state index in [0.29, 0.717) is 0 Å². The number of rotatable bonds is 5. The first-order chi connectivity index (χ1) is 6.61. The highest BCUT2D eigenvalue weighted by molar-refractivity contribution is 7.10. The minimum absolute atomic E-state index is 0.153. The van der Waals surface area contributed by atoms with Crippen molar-refractivity contribution in [1.82, 2.24) is 5.32 Å². The number of nitrogens with one attached hydrogen (secondary N) is 1. The van der Waals surface area contributed by atoms with Crippen LogP contribution in [-0.2, 0) is 4.79 Å². The summed E-state index contributed by atoms with van der Waals surface area (Å²) in [7, 11) is 0. The van der Waals surface area contributed by atoms with Gasteiger partial charge in [0.15, 0.2) is 0 Å². The molecular formula is C9H14N2O2S. The highest BCUT2D eigenvalue weighted by atomic mass is 32.1. The average Bonchev–Trinajstić information content (AvgIpc) is 2.66. The Hall–Kier alpha value is -0.910. The van der Waals surface area contributed by atoms with Gasteiger partial charge in [-0.3, -0.25) is 4.79 Å². The van der Waals surface area contributed by atoms with Crippen LogP contribution in [0.15, 0.2) is 17.5 Å². The number of carbonyl (C=O) groups is 1. The molecule has 2 atom stereocenters. The van der Waals surface area contributed by atoms with Gasteiger partial charge in [-0.25, -0.2) is 0 Å². The van der Waals surface area contributed by atoms with Crippen LogP contribution in [0.1, 0.15) is 17.8 Å². The van der Waals surface area contributed by atoms with Crippen molar-refractivity contribution in [2.45, 2.75) is 19.0 Å². The normalized spacial score (nSPS) is 15.0. The van der Waals surface area contributed by atoms with Crippen LogP contribution in [0.5, 0.6) is 0 Å². The van der Waals surface area contributed by atoms with Gasteiger partial charge < -0.3 is 16.2 Å². The van der Waals surface area contributed by atoms with Crippen molar-refractivity contribution in [2.75, 3.05) is 6.54 Å². The Morgan fingerprint density at radius 1 is 1.79 bits per heavy atom. The SMILES string of the molecule is C[C@H](NCC(N)C(=O)O)c1cccs1. The predicted molar refractivity (Wildman–Crippen MR) is 56.3 cm³/mol. The average molecular weight is 214 g/mol. The van der Waals surface area contributed by atoms with Crippen molar-refractivity contribution in [3.8, 4) is 0 Å². The monoisotopic (exact) mass is 214 g/mol. The van der Waals surface area contributed by atoms with Crippen LogP contribution < -0.4 is 11.1 Å². The van der Waals surface area contributed by atoms with Crippen molar-refractivity contribution in [2.24, 2.45) is 5.73 Å². The summed E-state index contributed by atoms with van der Waals surface area (Å²) in [6.07, 6.45) is 0.